The van der Waals surface area contributed by atoms with Crippen molar-refractivity contribution in [2.45, 2.75) is 0 Å². The standard InChI is InChI=1S/C8H8FNO/c9-7-2-1-3-8(6-7)10-4-5-11/h1-3,5-6,10H,4H2. The monoisotopic (exact) mass is 153 g/mol. The quantitative estimate of drug-likeness (QED) is 0.665. The van der Waals surface area contributed by atoms with Crippen molar-refractivity contribution in [2.24, 2.45) is 0 Å². The number of hydrogen-bond donors (Lipinski definition) is 1. The highest BCUT2D eigenvalue weighted by Gasteiger charge is 1.91. The van der Waals surface area contributed by atoms with Gasteiger partial charge in [0.05, 0.1) is 6.54 Å². The fourth-order valence-corrected chi connectivity index (χ4v) is 0.758. The third-order valence-electron chi connectivity index (χ3n) is 1.21. The summed E-state index contributed by atoms with van der Waals surface area (Å²) < 4.78 is 12.5. The summed E-state index contributed by atoms with van der Waals surface area (Å²) >= 11 is 0. The Morgan fingerprint density at radius 2 is 2.36 bits per heavy atom. The normalized spacial score (nSPS) is 9.18. The summed E-state index contributed by atoms with van der Waals surface area (Å²) in [6.07, 6.45) is 0.727. The van der Waals surface area contributed by atoms with Crippen molar-refractivity contribution in [3.05, 3.63) is 30.1 Å². The van der Waals surface area contributed by atoms with Crippen molar-refractivity contribution in [3.8, 4) is 0 Å². The number of benzene rings is 1. The zero-order valence-corrected chi connectivity index (χ0v) is 5.88. The summed E-state index contributed by atoms with van der Waals surface area (Å²) in [7, 11) is 0. The molecule has 0 saturated heterocycles. The van der Waals surface area contributed by atoms with Gasteiger partial charge in [0.15, 0.2) is 0 Å². The molecule has 0 spiro atoms. The van der Waals surface area contributed by atoms with Crippen LogP contribution in [0.3, 0.4) is 0 Å². The second kappa shape index (κ2) is 3.71. The maximum absolute atomic E-state index is 12.5. The molecule has 0 aliphatic carbocycles. The third-order valence-corrected chi connectivity index (χ3v) is 1.21. The minimum Gasteiger partial charge on any atom is -0.378 e. The Balaban J connectivity index is 2.63. The van der Waals surface area contributed by atoms with E-state index in [1.54, 1.807) is 12.1 Å². The molecule has 0 atom stereocenters. The molecule has 1 aromatic carbocycles. The molecule has 1 aromatic rings. The predicted octanol–water partition coefficient (Wildman–Crippen LogP) is 1.44. The van der Waals surface area contributed by atoms with Gasteiger partial charge in [0.1, 0.15) is 12.1 Å². The minimum atomic E-state index is -0.305. The number of carbonyl (C=O) groups excluding carboxylic acids is 1. The minimum absolute atomic E-state index is 0.212. The van der Waals surface area contributed by atoms with Crippen molar-refractivity contribution in [1.29, 1.82) is 0 Å². The molecule has 0 unspecified atom stereocenters. The van der Waals surface area contributed by atoms with E-state index < -0.39 is 0 Å². The summed E-state index contributed by atoms with van der Waals surface area (Å²) in [5.74, 6) is -0.305. The first-order chi connectivity index (χ1) is 5.33. The van der Waals surface area contributed by atoms with Gasteiger partial charge in [0.25, 0.3) is 0 Å². The van der Waals surface area contributed by atoms with Gasteiger partial charge >= 0.3 is 0 Å². The molecule has 0 heterocycles. The van der Waals surface area contributed by atoms with Gasteiger partial charge in [-0.05, 0) is 18.2 Å². The summed E-state index contributed by atoms with van der Waals surface area (Å²) in [4.78, 5) is 9.91. The first-order valence-electron chi connectivity index (χ1n) is 3.26. The smallest absolute Gasteiger partial charge is 0.139 e. The van der Waals surface area contributed by atoms with E-state index >= 15 is 0 Å². The van der Waals surface area contributed by atoms with E-state index in [4.69, 9.17) is 0 Å². The number of anilines is 1. The van der Waals surface area contributed by atoms with Crippen LogP contribution in [-0.4, -0.2) is 12.8 Å². The van der Waals surface area contributed by atoms with Gasteiger partial charge in [0.2, 0.25) is 0 Å². The van der Waals surface area contributed by atoms with Gasteiger partial charge in [0, 0.05) is 5.69 Å². The Morgan fingerprint density at radius 3 is 3.00 bits per heavy atom. The van der Waals surface area contributed by atoms with Gasteiger partial charge in [-0.3, -0.25) is 0 Å². The van der Waals surface area contributed by atoms with Crippen LogP contribution in [0.4, 0.5) is 10.1 Å². The molecule has 1 N–H and O–H groups in total. The number of halogens is 1. The SMILES string of the molecule is O=CCNc1cccc(F)c1. The number of aldehydes is 1. The van der Waals surface area contributed by atoms with Crippen molar-refractivity contribution in [3.63, 3.8) is 0 Å². The second-order valence-corrected chi connectivity index (χ2v) is 2.06. The fourth-order valence-electron chi connectivity index (χ4n) is 0.758. The van der Waals surface area contributed by atoms with E-state index in [9.17, 15) is 9.18 Å². The Bertz CT molecular complexity index is 250. The van der Waals surface area contributed by atoms with Crippen LogP contribution in [0.5, 0.6) is 0 Å². The van der Waals surface area contributed by atoms with Gasteiger partial charge in [-0.1, -0.05) is 6.07 Å². The van der Waals surface area contributed by atoms with Crippen molar-refractivity contribution in [1.82, 2.24) is 0 Å². The molecule has 0 aliphatic rings. The summed E-state index contributed by atoms with van der Waals surface area (Å²) in [5.41, 5.74) is 0.622. The maximum atomic E-state index is 12.5. The Labute approximate surface area is 64.0 Å². The fraction of sp³-hybridized carbons (Fsp3) is 0.125. The zero-order chi connectivity index (χ0) is 8.10. The molecule has 11 heavy (non-hydrogen) atoms. The molecule has 0 bridgehead atoms. The van der Waals surface area contributed by atoms with Crippen molar-refractivity contribution < 1.29 is 9.18 Å². The number of carbonyl (C=O) groups is 1. The van der Waals surface area contributed by atoms with Crippen molar-refractivity contribution >= 4 is 12.0 Å². The molecule has 0 amide bonds. The van der Waals surface area contributed by atoms with E-state index in [0.717, 1.165) is 6.29 Å². The van der Waals surface area contributed by atoms with Gasteiger partial charge in [-0.2, -0.15) is 0 Å². The lowest BCUT2D eigenvalue weighted by Crippen LogP contribution is -2.01. The molecule has 2 nitrogen and oxygen atoms in total. The van der Waals surface area contributed by atoms with Crippen LogP contribution in [0.1, 0.15) is 0 Å². The molecule has 0 aromatic heterocycles. The van der Waals surface area contributed by atoms with Crippen molar-refractivity contribution in [2.75, 3.05) is 11.9 Å². The molecular weight excluding hydrogens is 145 g/mol. The Morgan fingerprint density at radius 1 is 1.55 bits per heavy atom. The van der Waals surface area contributed by atoms with Gasteiger partial charge in [-0.25, -0.2) is 4.39 Å². The van der Waals surface area contributed by atoms with Crippen LogP contribution in [0.25, 0.3) is 0 Å². The number of rotatable bonds is 3. The predicted molar refractivity (Wildman–Crippen MR) is 41.0 cm³/mol. The first kappa shape index (κ1) is 7.72. The van der Waals surface area contributed by atoms with Gasteiger partial charge in [-0.15, -0.1) is 0 Å². The van der Waals surface area contributed by atoms with E-state index in [1.807, 2.05) is 0 Å². The van der Waals surface area contributed by atoms with E-state index in [2.05, 4.69) is 5.32 Å². The summed E-state index contributed by atoms with van der Waals surface area (Å²) in [6.45, 7) is 0.212. The highest BCUT2D eigenvalue weighted by molar-refractivity contribution is 5.59. The lowest BCUT2D eigenvalue weighted by molar-refractivity contribution is -0.106. The molecular formula is C8H8FNO. The zero-order valence-electron chi connectivity index (χ0n) is 5.88. The average molecular weight is 153 g/mol. The highest BCUT2D eigenvalue weighted by Crippen LogP contribution is 2.07. The van der Waals surface area contributed by atoms with E-state index in [-0.39, 0.29) is 12.4 Å². The van der Waals surface area contributed by atoms with Crippen LogP contribution < -0.4 is 5.32 Å². The average Bonchev–Trinajstić information content (AvgIpc) is 2.01. The lowest BCUT2D eigenvalue weighted by atomic mass is 10.3. The molecule has 0 fully saturated rings. The van der Waals surface area contributed by atoms with E-state index in [1.165, 1.54) is 12.1 Å². The molecule has 1 rings (SSSR count). The Hall–Kier alpha value is -1.38. The summed E-state index contributed by atoms with van der Waals surface area (Å²) in [6, 6.07) is 5.98. The van der Waals surface area contributed by atoms with E-state index in [0.29, 0.717) is 5.69 Å². The molecule has 0 radical (unpaired) electrons. The van der Waals surface area contributed by atoms with Crippen LogP contribution in [0.15, 0.2) is 24.3 Å². The van der Waals surface area contributed by atoms with Crippen LogP contribution in [0, 0.1) is 5.82 Å². The third kappa shape index (κ3) is 2.37. The van der Waals surface area contributed by atoms with Crippen LogP contribution >= 0.6 is 0 Å². The second-order valence-electron chi connectivity index (χ2n) is 2.06. The highest BCUT2D eigenvalue weighted by atomic mass is 19.1. The molecule has 0 saturated carbocycles. The largest absolute Gasteiger partial charge is 0.378 e. The molecule has 58 valence electrons. The topological polar surface area (TPSA) is 29.1 Å². The maximum Gasteiger partial charge on any atom is 0.139 e. The molecule has 3 heteroatoms. The van der Waals surface area contributed by atoms with Crippen LogP contribution in [0.2, 0.25) is 0 Å². The first-order valence-corrected chi connectivity index (χ1v) is 3.26. The number of nitrogens with one attached hydrogen (secondary N) is 1. The Kier molecular flexibility index (Phi) is 2.60. The lowest BCUT2D eigenvalue weighted by Gasteiger charge is -2.00. The molecule has 0 aliphatic heterocycles. The number of hydrogen-bond acceptors (Lipinski definition) is 2. The summed E-state index contributed by atoms with van der Waals surface area (Å²) in [5, 5.41) is 2.73. The van der Waals surface area contributed by atoms with Gasteiger partial charge < -0.3 is 10.1 Å². The van der Waals surface area contributed by atoms with Crippen LogP contribution in [-0.2, 0) is 4.79 Å².